The molecule has 0 spiro atoms. The molecule has 0 unspecified atom stereocenters. The Bertz CT molecular complexity index is 657. The maximum atomic E-state index is 12.7. The molecule has 1 aromatic carbocycles. The number of pyridine rings is 1. The van der Waals surface area contributed by atoms with Crippen molar-refractivity contribution in [1.29, 1.82) is 0 Å². The summed E-state index contributed by atoms with van der Waals surface area (Å²) in [5.74, 6) is -0.627. The van der Waals surface area contributed by atoms with E-state index in [9.17, 15) is 18.0 Å². The van der Waals surface area contributed by atoms with E-state index in [-0.39, 0.29) is 11.3 Å². The zero-order valence-electron chi connectivity index (χ0n) is 10.9. The molecule has 2 aromatic rings. The number of hydrogen-bond acceptors (Lipinski definition) is 4. The first-order chi connectivity index (χ1) is 9.91. The molecular weight excluding hydrogens is 285 g/mol. The number of nitrogens with zero attached hydrogens (tertiary/aromatic N) is 1. The molecule has 7 heteroatoms. The molecular formula is C14H11F3N2O2. The van der Waals surface area contributed by atoms with Gasteiger partial charge in [0.05, 0.1) is 18.4 Å². The van der Waals surface area contributed by atoms with Gasteiger partial charge in [0, 0.05) is 18.1 Å². The lowest BCUT2D eigenvalue weighted by Crippen LogP contribution is -2.07. The number of ether oxygens (including phenoxy) is 1. The first-order valence-electron chi connectivity index (χ1n) is 5.88. The van der Waals surface area contributed by atoms with Crippen LogP contribution in [0.5, 0.6) is 0 Å². The maximum Gasteiger partial charge on any atom is 0.416 e. The predicted octanol–water partition coefficient (Wildman–Crippen LogP) is 3.63. The minimum absolute atomic E-state index is 0.136. The minimum Gasteiger partial charge on any atom is -0.465 e. The van der Waals surface area contributed by atoms with Crippen molar-refractivity contribution in [2.75, 3.05) is 12.4 Å². The molecule has 0 aliphatic heterocycles. The van der Waals surface area contributed by atoms with Gasteiger partial charge >= 0.3 is 12.1 Å². The first kappa shape index (κ1) is 14.8. The summed E-state index contributed by atoms with van der Waals surface area (Å²) >= 11 is 0. The van der Waals surface area contributed by atoms with Crippen LogP contribution in [0.1, 0.15) is 15.9 Å². The summed E-state index contributed by atoms with van der Waals surface area (Å²) in [7, 11) is 1.21. The minimum atomic E-state index is -4.43. The SMILES string of the molecule is COC(=O)c1cnccc1Nc1cccc(C(F)(F)F)c1. The Morgan fingerprint density at radius 1 is 1.29 bits per heavy atom. The number of anilines is 2. The molecule has 4 nitrogen and oxygen atoms in total. The molecule has 0 aliphatic carbocycles. The normalized spacial score (nSPS) is 11.0. The van der Waals surface area contributed by atoms with Crippen LogP contribution < -0.4 is 5.32 Å². The average Bonchev–Trinajstić information content (AvgIpc) is 2.46. The Labute approximate surface area is 118 Å². The van der Waals surface area contributed by atoms with E-state index in [1.54, 1.807) is 0 Å². The van der Waals surface area contributed by atoms with E-state index in [4.69, 9.17) is 0 Å². The van der Waals surface area contributed by atoms with Crippen LogP contribution in [0, 0.1) is 0 Å². The van der Waals surface area contributed by atoms with Gasteiger partial charge in [-0.15, -0.1) is 0 Å². The summed E-state index contributed by atoms with van der Waals surface area (Å²) in [5.41, 5.74) is -0.115. The van der Waals surface area contributed by atoms with Crippen LogP contribution in [-0.2, 0) is 10.9 Å². The summed E-state index contributed by atoms with van der Waals surface area (Å²) in [6.07, 6.45) is -1.73. The third-order valence-corrected chi connectivity index (χ3v) is 2.70. The van der Waals surface area contributed by atoms with E-state index in [0.29, 0.717) is 5.69 Å². The number of methoxy groups -OCH3 is 1. The van der Waals surface area contributed by atoms with E-state index in [1.165, 1.54) is 37.7 Å². The lowest BCUT2D eigenvalue weighted by atomic mass is 10.1. The molecule has 21 heavy (non-hydrogen) atoms. The van der Waals surface area contributed by atoms with Gasteiger partial charge in [-0.05, 0) is 24.3 Å². The summed E-state index contributed by atoms with van der Waals surface area (Å²) in [6, 6.07) is 6.16. The van der Waals surface area contributed by atoms with Gasteiger partial charge in [-0.25, -0.2) is 4.79 Å². The number of halogens is 3. The molecule has 0 saturated carbocycles. The van der Waals surface area contributed by atoms with Gasteiger partial charge in [0.25, 0.3) is 0 Å². The highest BCUT2D eigenvalue weighted by atomic mass is 19.4. The second-order valence-electron chi connectivity index (χ2n) is 4.12. The molecule has 1 N–H and O–H groups in total. The number of esters is 1. The van der Waals surface area contributed by atoms with E-state index >= 15 is 0 Å². The van der Waals surface area contributed by atoms with Crippen LogP contribution in [-0.4, -0.2) is 18.1 Å². The number of aromatic nitrogens is 1. The van der Waals surface area contributed by atoms with Crippen molar-refractivity contribution < 1.29 is 22.7 Å². The lowest BCUT2D eigenvalue weighted by Gasteiger charge is -2.12. The monoisotopic (exact) mass is 296 g/mol. The summed E-state index contributed by atoms with van der Waals surface area (Å²) in [5, 5.41) is 2.76. The average molecular weight is 296 g/mol. The van der Waals surface area contributed by atoms with Crippen LogP contribution in [0.25, 0.3) is 0 Å². The fourth-order valence-corrected chi connectivity index (χ4v) is 1.70. The van der Waals surface area contributed by atoms with Crippen molar-refractivity contribution in [3.8, 4) is 0 Å². The number of hydrogen-bond donors (Lipinski definition) is 1. The Hall–Kier alpha value is -2.57. The highest BCUT2D eigenvalue weighted by molar-refractivity contribution is 5.96. The largest absolute Gasteiger partial charge is 0.465 e. The number of benzene rings is 1. The molecule has 0 aliphatic rings. The van der Waals surface area contributed by atoms with Crippen LogP contribution in [0.3, 0.4) is 0 Å². The number of carbonyl (C=O) groups excluding carboxylic acids is 1. The number of alkyl halides is 3. The van der Waals surface area contributed by atoms with Gasteiger partial charge in [-0.1, -0.05) is 6.07 Å². The third kappa shape index (κ3) is 3.50. The van der Waals surface area contributed by atoms with Crippen molar-refractivity contribution in [3.05, 3.63) is 53.9 Å². The Morgan fingerprint density at radius 3 is 2.71 bits per heavy atom. The quantitative estimate of drug-likeness (QED) is 0.879. The molecule has 0 fully saturated rings. The van der Waals surface area contributed by atoms with Gasteiger partial charge in [0.15, 0.2) is 0 Å². The van der Waals surface area contributed by atoms with Crippen molar-refractivity contribution in [2.45, 2.75) is 6.18 Å². The lowest BCUT2D eigenvalue weighted by molar-refractivity contribution is -0.137. The maximum absolute atomic E-state index is 12.7. The molecule has 110 valence electrons. The zero-order valence-corrected chi connectivity index (χ0v) is 10.9. The molecule has 1 heterocycles. The zero-order chi connectivity index (χ0) is 15.5. The third-order valence-electron chi connectivity index (χ3n) is 2.70. The highest BCUT2D eigenvalue weighted by Crippen LogP contribution is 2.31. The molecule has 0 radical (unpaired) electrons. The fraction of sp³-hybridized carbons (Fsp3) is 0.143. The summed E-state index contributed by atoms with van der Waals surface area (Å²) in [4.78, 5) is 15.4. The standard InChI is InChI=1S/C14H11F3N2O2/c1-21-13(20)11-8-18-6-5-12(11)19-10-4-2-3-9(7-10)14(15,16)17/h2-8H,1H3,(H,18,19). The summed E-state index contributed by atoms with van der Waals surface area (Å²) < 4.78 is 42.6. The number of rotatable bonds is 3. The first-order valence-corrected chi connectivity index (χ1v) is 5.88. The molecule has 1 aromatic heterocycles. The molecule has 2 rings (SSSR count). The van der Waals surface area contributed by atoms with E-state index in [0.717, 1.165) is 12.1 Å². The van der Waals surface area contributed by atoms with Gasteiger partial charge in [0.1, 0.15) is 5.56 Å². The molecule has 0 bridgehead atoms. The van der Waals surface area contributed by atoms with Gasteiger partial charge in [-0.3, -0.25) is 4.98 Å². The Kier molecular flexibility index (Phi) is 4.11. The summed E-state index contributed by atoms with van der Waals surface area (Å²) in [6.45, 7) is 0. The van der Waals surface area contributed by atoms with E-state index < -0.39 is 17.7 Å². The van der Waals surface area contributed by atoms with Gasteiger partial charge in [0.2, 0.25) is 0 Å². The number of nitrogens with one attached hydrogen (secondary N) is 1. The van der Waals surface area contributed by atoms with Crippen molar-refractivity contribution >= 4 is 17.3 Å². The predicted molar refractivity (Wildman–Crippen MR) is 70.3 cm³/mol. The van der Waals surface area contributed by atoms with E-state index in [2.05, 4.69) is 15.0 Å². The van der Waals surface area contributed by atoms with Gasteiger partial charge < -0.3 is 10.1 Å². The second kappa shape index (κ2) is 5.82. The van der Waals surface area contributed by atoms with Crippen LogP contribution in [0.4, 0.5) is 24.5 Å². The van der Waals surface area contributed by atoms with Crippen LogP contribution in [0.2, 0.25) is 0 Å². The smallest absolute Gasteiger partial charge is 0.416 e. The topological polar surface area (TPSA) is 51.2 Å². The fourth-order valence-electron chi connectivity index (χ4n) is 1.70. The van der Waals surface area contributed by atoms with Crippen LogP contribution in [0.15, 0.2) is 42.7 Å². The molecule has 0 atom stereocenters. The Balaban J connectivity index is 2.33. The van der Waals surface area contributed by atoms with Crippen molar-refractivity contribution in [3.63, 3.8) is 0 Å². The van der Waals surface area contributed by atoms with E-state index in [1.807, 2.05) is 0 Å². The second-order valence-corrected chi connectivity index (χ2v) is 4.12. The van der Waals surface area contributed by atoms with Crippen molar-refractivity contribution in [2.24, 2.45) is 0 Å². The molecule has 0 amide bonds. The Morgan fingerprint density at radius 2 is 2.05 bits per heavy atom. The number of carbonyl (C=O) groups is 1. The van der Waals surface area contributed by atoms with Crippen molar-refractivity contribution in [1.82, 2.24) is 4.98 Å². The molecule has 0 saturated heterocycles. The van der Waals surface area contributed by atoms with Gasteiger partial charge in [-0.2, -0.15) is 13.2 Å². The highest BCUT2D eigenvalue weighted by Gasteiger charge is 2.30. The van der Waals surface area contributed by atoms with Crippen LogP contribution >= 0.6 is 0 Å².